The highest BCUT2D eigenvalue weighted by Crippen LogP contribution is 2.48. The Labute approximate surface area is 154 Å². The van der Waals surface area contributed by atoms with Gasteiger partial charge >= 0.3 is 10.2 Å². The van der Waals surface area contributed by atoms with E-state index in [2.05, 4.69) is 0 Å². The Bertz CT molecular complexity index is 1570. The summed E-state index contributed by atoms with van der Waals surface area (Å²) >= 11 is 0. The van der Waals surface area contributed by atoms with E-state index in [4.69, 9.17) is 5.73 Å². The predicted octanol–water partition coefficient (Wildman–Crippen LogP) is 3.12. The highest BCUT2D eigenvalue weighted by Gasteiger charge is 2.37. The fourth-order valence-corrected chi connectivity index (χ4v) is 6.55. The minimum atomic E-state index is -3.82. The Balaban J connectivity index is 2.13. The molecule has 0 aliphatic carbocycles. The van der Waals surface area contributed by atoms with Crippen molar-refractivity contribution < 1.29 is 13.5 Å². The van der Waals surface area contributed by atoms with E-state index in [9.17, 15) is 13.5 Å². The van der Waals surface area contributed by atoms with Gasteiger partial charge in [0.05, 0.1) is 22.1 Å². The standard InChI is InChI=1S/C20H15N3O3S/c1-10-15-11-6-2-4-8-13(11)22-18(15)19-17(16(10)20(21)24)12-7-3-5-9-14(12)23(19)27(22,25)26/h2-9,20,24H,21H2,1H3. The molecule has 1 unspecified atom stereocenters. The van der Waals surface area contributed by atoms with Gasteiger partial charge in [0.2, 0.25) is 0 Å². The average molecular weight is 377 g/mol. The second-order valence-corrected chi connectivity index (χ2v) is 8.63. The Hall–Kier alpha value is -2.87. The van der Waals surface area contributed by atoms with Crippen LogP contribution in [-0.4, -0.2) is 21.5 Å². The van der Waals surface area contributed by atoms with E-state index in [-0.39, 0.29) is 0 Å². The molecule has 7 heteroatoms. The molecule has 0 radical (unpaired) electrons. The van der Waals surface area contributed by atoms with E-state index in [1.165, 1.54) is 7.94 Å². The van der Waals surface area contributed by atoms with Gasteiger partial charge in [-0.15, -0.1) is 0 Å². The molecule has 1 aliphatic rings. The molecule has 134 valence electrons. The van der Waals surface area contributed by atoms with E-state index >= 15 is 0 Å². The summed E-state index contributed by atoms with van der Waals surface area (Å²) in [5.74, 6) is 0. The quantitative estimate of drug-likeness (QED) is 0.431. The molecule has 0 fully saturated rings. The summed E-state index contributed by atoms with van der Waals surface area (Å²) in [6.45, 7) is 1.90. The zero-order chi connectivity index (χ0) is 18.7. The van der Waals surface area contributed by atoms with Crippen LogP contribution >= 0.6 is 0 Å². The number of aromatic nitrogens is 2. The molecule has 1 aliphatic heterocycles. The van der Waals surface area contributed by atoms with Crippen molar-refractivity contribution in [2.24, 2.45) is 5.73 Å². The van der Waals surface area contributed by atoms with Crippen LogP contribution in [-0.2, 0) is 10.2 Å². The summed E-state index contributed by atoms with van der Waals surface area (Å²) in [7, 11) is -3.82. The third kappa shape index (κ3) is 1.49. The van der Waals surface area contributed by atoms with Crippen LogP contribution in [0.1, 0.15) is 17.4 Å². The number of aryl methyl sites for hydroxylation is 1. The molecule has 6 rings (SSSR count). The largest absolute Gasteiger partial charge is 0.375 e. The number of nitrogens with zero attached hydrogens (tertiary/aromatic N) is 2. The van der Waals surface area contributed by atoms with Crippen LogP contribution in [0.25, 0.3) is 43.6 Å². The van der Waals surface area contributed by atoms with E-state index in [0.717, 1.165) is 21.7 Å². The molecule has 0 bridgehead atoms. The SMILES string of the molecule is Cc1c(C(N)O)c2c3ccccc3n3c2c2c1c1ccccc1n2S3(=O)=O. The van der Waals surface area contributed by atoms with Crippen LogP contribution in [0.3, 0.4) is 0 Å². The van der Waals surface area contributed by atoms with Crippen molar-refractivity contribution in [3.05, 3.63) is 59.7 Å². The number of fused-ring (bicyclic) bond motifs is 6. The molecule has 0 spiro atoms. The summed E-state index contributed by atoms with van der Waals surface area (Å²) in [6, 6.07) is 14.8. The third-order valence-corrected chi connectivity index (χ3v) is 7.38. The zero-order valence-corrected chi connectivity index (χ0v) is 15.2. The molecule has 1 atom stereocenters. The van der Waals surface area contributed by atoms with Gasteiger partial charge in [-0.3, -0.25) is 0 Å². The molecule has 0 saturated heterocycles. The Morgan fingerprint density at radius 2 is 1.37 bits per heavy atom. The van der Waals surface area contributed by atoms with Crippen LogP contribution in [0.2, 0.25) is 0 Å². The van der Waals surface area contributed by atoms with Crippen molar-refractivity contribution in [2.45, 2.75) is 13.2 Å². The van der Waals surface area contributed by atoms with E-state index in [0.29, 0.717) is 33.0 Å². The first-order chi connectivity index (χ1) is 12.9. The van der Waals surface area contributed by atoms with E-state index in [1.807, 2.05) is 49.4 Å². The van der Waals surface area contributed by atoms with Crippen molar-refractivity contribution in [1.82, 2.24) is 7.94 Å². The summed E-state index contributed by atoms with van der Waals surface area (Å²) in [5, 5.41) is 13.5. The molecule has 2 aromatic heterocycles. The number of aliphatic hydroxyl groups excluding tert-OH is 1. The van der Waals surface area contributed by atoms with Crippen LogP contribution in [0.4, 0.5) is 0 Å². The lowest BCUT2D eigenvalue weighted by atomic mass is 9.95. The topological polar surface area (TPSA) is 90.2 Å². The van der Waals surface area contributed by atoms with E-state index < -0.39 is 16.4 Å². The maximum Gasteiger partial charge on any atom is 0.335 e. The lowest BCUT2D eigenvalue weighted by Gasteiger charge is -2.13. The fourth-order valence-electron chi connectivity index (χ4n) is 4.76. The van der Waals surface area contributed by atoms with Gasteiger partial charge in [-0.2, -0.15) is 8.42 Å². The summed E-state index contributed by atoms with van der Waals surface area (Å²) in [6.07, 6.45) is -1.21. The molecule has 3 aromatic carbocycles. The predicted molar refractivity (Wildman–Crippen MR) is 106 cm³/mol. The van der Waals surface area contributed by atoms with Gasteiger partial charge in [0.25, 0.3) is 0 Å². The molecule has 5 aromatic rings. The van der Waals surface area contributed by atoms with Crippen molar-refractivity contribution in [3.63, 3.8) is 0 Å². The van der Waals surface area contributed by atoms with Crippen molar-refractivity contribution in [2.75, 3.05) is 0 Å². The van der Waals surface area contributed by atoms with Crippen LogP contribution in [0, 0.1) is 6.92 Å². The van der Waals surface area contributed by atoms with Crippen LogP contribution in [0.15, 0.2) is 48.5 Å². The van der Waals surface area contributed by atoms with Gasteiger partial charge in [0.15, 0.2) is 0 Å². The lowest BCUT2D eigenvalue weighted by Crippen LogP contribution is -2.15. The van der Waals surface area contributed by atoms with Crippen LogP contribution in [0.5, 0.6) is 0 Å². The number of hydrogen-bond acceptors (Lipinski definition) is 4. The van der Waals surface area contributed by atoms with Gasteiger partial charge in [0, 0.05) is 27.1 Å². The Kier molecular flexibility index (Phi) is 2.54. The number of hydrogen-bond donors (Lipinski definition) is 2. The van der Waals surface area contributed by atoms with E-state index in [1.54, 1.807) is 6.07 Å². The lowest BCUT2D eigenvalue weighted by molar-refractivity contribution is 0.187. The molecular formula is C20H15N3O3S. The van der Waals surface area contributed by atoms with Crippen molar-refractivity contribution in [1.29, 1.82) is 0 Å². The first-order valence-electron chi connectivity index (χ1n) is 8.63. The Morgan fingerprint density at radius 1 is 0.889 bits per heavy atom. The third-order valence-electron chi connectivity index (χ3n) is 5.69. The number of para-hydroxylation sites is 2. The second-order valence-electron chi connectivity index (χ2n) is 7.00. The first-order valence-corrected chi connectivity index (χ1v) is 10.0. The molecule has 6 nitrogen and oxygen atoms in total. The smallest absolute Gasteiger partial charge is 0.335 e. The van der Waals surface area contributed by atoms with Gasteiger partial charge in [-0.05, 0) is 24.6 Å². The maximum atomic E-state index is 13.6. The zero-order valence-electron chi connectivity index (χ0n) is 14.3. The molecule has 0 saturated carbocycles. The average Bonchev–Trinajstić information content (AvgIpc) is 3.23. The number of nitrogens with two attached hydrogens (primary N) is 1. The number of rotatable bonds is 1. The van der Waals surface area contributed by atoms with Crippen molar-refractivity contribution >= 4 is 53.8 Å². The van der Waals surface area contributed by atoms with Crippen LogP contribution < -0.4 is 5.73 Å². The summed E-state index contributed by atoms with van der Waals surface area (Å²) in [5.41, 5.74) is 9.82. The number of benzene rings is 3. The summed E-state index contributed by atoms with van der Waals surface area (Å²) < 4.78 is 29.9. The molecular weight excluding hydrogens is 362 g/mol. The van der Waals surface area contributed by atoms with Crippen molar-refractivity contribution in [3.8, 4) is 0 Å². The minimum absolute atomic E-state index is 0.576. The van der Waals surface area contributed by atoms with Gasteiger partial charge in [-0.25, -0.2) is 7.94 Å². The second kappa shape index (κ2) is 4.51. The maximum absolute atomic E-state index is 13.6. The minimum Gasteiger partial charge on any atom is -0.375 e. The fraction of sp³-hybridized carbons (Fsp3) is 0.100. The number of aliphatic hydroxyl groups is 1. The van der Waals surface area contributed by atoms with Gasteiger partial charge in [-0.1, -0.05) is 36.4 Å². The molecule has 27 heavy (non-hydrogen) atoms. The normalized spacial score (nSPS) is 16.4. The van der Waals surface area contributed by atoms with Gasteiger partial charge < -0.3 is 10.8 Å². The molecule has 3 heterocycles. The first kappa shape index (κ1) is 15.2. The monoisotopic (exact) mass is 377 g/mol. The van der Waals surface area contributed by atoms with Gasteiger partial charge in [0.1, 0.15) is 6.23 Å². The molecule has 3 N–H and O–H groups in total. The summed E-state index contributed by atoms with van der Waals surface area (Å²) in [4.78, 5) is 0. The highest BCUT2D eigenvalue weighted by molar-refractivity contribution is 7.89. The highest BCUT2D eigenvalue weighted by atomic mass is 32.2. The Morgan fingerprint density at radius 3 is 1.93 bits per heavy atom. The molecule has 0 amide bonds.